The molecule has 0 bridgehead atoms. The SMILES string of the molecule is Cn1cc(S(=O)(=O)N2CCCCC2CO)c(F)c1C(=O)Nc1ccc(F)c(F)c1. The van der Waals surface area contributed by atoms with Crippen LogP contribution in [0, 0.1) is 17.5 Å². The zero-order valence-corrected chi connectivity index (χ0v) is 16.3. The minimum atomic E-state index is -4.29. The second-order valence-electron chi connectivity index (χ2n) is 6.80. The maximum absolute atomic E-state index is 15.0. The lowest BCUT2D eigenvalue weighted by molar-refractivity contribution is 0.101. The Kier molecular flexibility index (Phi) is 6.01. The van der Waals surface area contributed by atoms with E-state index in [0.717, 1.165) is 39.7 Å². The number of aliphatic hydroxyl groups excluding tert-OH is 1. The topological polar surface area (TPSA) is 91.6 Å². The lowest BCUT2D eigenvalue weighted by Gasteiger charge is -2.33. The summed E-state index contributed by atoms with van der Waals surface area (Å²) >= 11 is 0. The number of nitrogens with one attached hydrogen (secondary N) is 1. The van der Waals surface area contributed by atoms with E-state index in [0.29, 0.717) is 12.8 Å². The van der Waals surface area contributed by atoms with Crippen LogP contribution in [0.2, 0.25) is 0 Å². The maximum atomic E-state index is 15.0. The van der Waals surface area contributed by atoms with Gasteiger partial charge < -0.3 is 15.0 Å². The molecule has 0 aliphatic carbocycles. The maximum Gasteiger partial charge on any atom is 0.275 e. The molecule has 158 valence electrons. The molecule has 3 rings (SSSR count). The van der Waals surface area contributed by atoms with Crippen molar-refractivity contribution in [1.29, 1.82) is 0 Å². The van der Waals surface area contributed by atoms with Gasteiger partial charge >= 0.3 is 0 Å². The monoisotopic (exact) mass is 431 g/mol. The van der Waals surface area contributed by atoms with E-state index >= 15 is 0 Å². The fraction of sp³-hybridized carbons (Fsp3) is 0.389. The molecule has 1 aromatic carbocycles. The summed E-state index contributed by atoms with van der Waals surface area (Å²) in [5.74, 6) is -4.58. The Hall–Kier alpha value is -2.37. The van der Waals surface area contributed by atoms with Gasteiger partial charge in [0.2, 0.25) is 10.0 Å². The number of aromatic nitrogens is 1. The first-order valence-corrected chi connectivity index (χ1v) is 10.3. The third-order valence-corrected chi connectivity index (χ3v) is 6.79. The zero-order chi connectivity index (χ0) is 21.3. The van der Waals surface area contributed by atoms with Gasteiger partial charge in [-0.1, -0.05) is 6.42 Å². The first-order valence-electron chi connectivity index (χ1n) is 8.90. The van der Waals surface area contributed by atoms with Gasteiger partial charge in [-0.3, -0.25) is 4.79 Å². The molecule has 1 aliphatic heterocycles. The van der Waals surface area contributed by atoms with Crippen LogP contribution in [0.5, 0.6) is 0 Å². The third-order valence-electron chi connectivity index (χ3n) is 4.85. The van der Waals surface area contributed by atoms with Crippen LogP contribution in [0.4, 0.5) is 18.9 Å². The summed E-state index contributed by atoms with van der Waals surface area (Å²) in [5, 5.41) is 11.7. The van der Waals surface area contributed by atoms with Gasteiger partial charge in [-0.05, 0) is 25.0 Å². The van der Waals surface area contributed by atoms with Gasteiger partial charge in [0.15, 0.2) is 17.5 Å². The molecule has 1 saturated heterocycles. The van der Waals surface area contributed by atoms with Crippen molar-refractivity contribution in [3.05, 3.63) is 47.5 Å². The van der Waals surface area contributed by atoms with Crippen molar-refractivity contribution in [3.8, 4) is 0 Å². The molecule has 2 aromatic rings. The minimum Gasteiger partial charge on any atom is -0.395 e. The van der Waals surface area contributed by atoms with Gasteiger partial charge in [0.05, 0.1) is 6.61 Å². The first-order chi connectivity index (χ1) is 13.7. The molecule has 0 saturated carbocycles. The van der Waals surface area contributed by atoms with Gasteiger partial charge in [0.25, 0.3) is 5.91 Å². The Morgan fingerprint density at radius 3 is 2.62 bits per heavy atom. The van der Waals surface area contributed by atoms with Gasteiger partial charge in [0.1, 0.15) is 10.6 Å². The van der Waals surface area contributed by atoms with Gasteiger partial charge in [-0.2, -0.15) is 4.31 Å². The predicted octanol–water partition coefficient (Wildman–Crippen LogP) is 2.23. The number of aryl methyl sites for hydroxylation is 1. The number of nitrogens with zero attached hydrogens (tertiary/aromatic N) is 2. The van der Waals surface area contributed by atoms with Gasteiger partial charge in [-0.15, -0.1) is 0 Å². The van der Waals surface area contributed by atoms with Crippen LogP contribution in [0.1, 0.15) is 29.8 Å². The van der Waals surface area contributed by atoms with Gasteiger partial charge in [0, 0.05) is 37.6 Å². The van der Waals surface area contributed by atoms with Crippen molar-refractivity contribution < 1.29 is 31.5 Å². The molecule has 1 fully saturated rings. The number of carbonyl (C=O) groups excluding carboxylic acids is 1. The highest BCUT2D eigenvalue weighted by Gasteiger charge is 2.37. The lowest BCUT2D eigenvalue weighted by atomic mass is 10.1. The summed E-state index contributed by atoms with van der Waals surface area (Å²) < 4.78 is 69.3. The molecule has 29 heavy (non-hydrogen) atoms. The smallest absolute Gasteiger partial charge is 0.275 e. The summed E-state index contributed by atoms with van der Waals surface area (Å²) in [6, 6.07) is 1.96. The first kappa shape index (κ1) is 21.3. The van der Waals surface area contributed by atoms with Crippen LogP contribution in [0.15, 0.2) is 29.3 Å². The Bertz CT molecular complexity index is 1040. The van der Waals surface area contributed by atoms with E-state index in [1.54, 1.807) is 0 Å². The molecule has 2 heterocycles. The van der Waals surface area contributed by atoms with E-state index in [2.05, 4.69) is 5.32 Å². The van der Waals surface area contributed by atoms with Crippen LogP contribution in [0.3, 0.4) is 0 Å². The number of aliphatic hydroxyl groups is 1. The molecular formula is C18H20F3N3O4S. The summed E-state index contributed by atoms with van der Waals surface area (Å²) in [5.41, 5.74) is -0.693. The van der Waals surface area contributed by atoms with E-state index in [1.165, 1.54) is 7.05 Å². The molecule has 0 spiro atoms. The van der Waals surface area contributed by atoms with Gasteiger partial charge in [-0.25, -0.2) is 21.6 Å². The molecular weight excluding hydrogens is 411 g/mol. The van der Waals surface area contributed by atoms with E-state index in [1.807, 2.05) is 0 Å². The molecule has 1 aromatic heterocycles. The molecule has 11 heteroatoms. The standard InChI is InChI=1S/C18H20F3N3O4S/c1-23-9-15(29(27,28)24-7-3-2-4-12(24)10-25)16(21)17(23)18(26)22-11-5-6-13(19)14(20)8-11/h5-6,8-9,12,25H,2-4,7,10H2,1H3,(H,22,26). The fourth-order valence-corrected chi connectivity index (χ4v) is 5.17. The third kappa shape index (κ3) is 4.02. The lowest BCUT2D eigenvalue weighted by Crippen LogP contribution is -2.45. The summed E-state index contributed by atoms with van der Waals surface area (Å²) in [6.07, 6.45) is 2.76. The van der Waals surface area contributed by atoms with E-state index in [4.69, 9.17) is 0 Å². The van der Waals surface area contributed by atoms with Crippen LogP contribution >= 0.6 is 0 Å². The Morgan fingerprint density at radius 1 is 1.24 bits per heavy atom. The highest BCUT2D eigenvalue weighted by molar-refractivity contribution is 7.89. The number of hydrogen-bond acceptors (Lipinski definition) is 4. The number of sulfonamides is 1. The molecule has 0 radical (unpaired) electrons. The minimum absolute atomic E-state index is 0.115. The summed E-state index contributed by atoms with van der Waals surface area (Å²) in [4.78, 5) is 11.8. The average Bonchev–Trinajstić information content (AvgIpc) is 2.99. The molecule has 1 aliphatic rings. The number of carbonyl (C=O) groups is 1. The van der Waals surface area contributed by atoms with Crippen molar-refractivity contribution in [1.82, 2.24) is 8.87 Å². The highest BCUT2D eigenvalue weighted by Crippen LogP contribution is 2.29. The van der Waals surface area contributed by atoms with Crippen molar-refractivity contribution in [2.75, 3.05) is 18.5 Å². The summed E-state index contributed by atoms with van der Waals surface area (Å²) in [6.45, 7) is -0.255. The van der Waals surface area contributed by atoms with Crippen LogP contribution in [-0.2, 0) is 17.1 Å². The number of hydrogen-bond donors (Lipinski definition) is 2. The molecule has 1 unspecified atom stereocenters. The summed E-state index contributed by atoms with van der Waals surface area (Å²) in [7, 11) is -2.99. The second kappa shape index (κ2) is 8.17. The second-order valence-corrected chi connectivity index (χ2v) is 8.66. The number of piperidine rings is 1. The van der Waals surface area contributed by atoms with Crippen molar-refractivity contribution >= 4 is 21.6 Å². The van der Waals surface area contributed by atoms with Crippen LogP contribution in [-0.4, -0.2) is 47.5 Å². The average molecular weight is 431 g/mol. The van der Waals surface area contributed by atoms with Crippen molar-refractivity contribution in [2.45, 2.75) is 30.2 Å². The van der Waals surface area contributed by atoms with Crippen LogP contribution < -0.4 is 5.32 Å². The number of benzene rings is 1. The Balaban J connectivity index is 1.93. The van der Waals surface area contributed by atoms with Crippen LogP contribution in [0.25, 0.3) is 0 Å². The number of rotatable bonds is 5. The number of halogens is 3. The van der Waals surface area contributed by atoms with E-state index in [-0.39, 0.29) is 12.2 Å². The molecule has 2 N–H and O–H groups in total. The predicted molar refractivity (Wildman–Crippen MR) is 98.3 cm³/mol. The van der Waals surface area contributed by atoms with E-state index < -0.39 is 56.6 Å². The highest BCUT2D eigenvalue weighted by atomic mass is 32.2. The van der Waals surface area contributed by atoms with E-state index in [9.17, 15) is 31.5 Å². The normalized spacial score (nSPS) is 18.0. The number of anilines is 1. The molecule has 1 atom stereocenters. The fourth-order valence-electron chi connectivity index (χ4n) is 3.37. The number of amides is 1. The quantitative estimate of drug-likeness (QED) is 0.760. The molecule has 7 nitrogen and oxygen atoms in total. The molecule has 1 amide bonds. The Labute approximate surface area is 165 Å². The van der Waals surface area contributed by atoms with Crippen molar-refractivity contribution in [2.24, 2.45) is 7.05 Å². The van der Waals surface area contributed by atoms with Crippen molar-refractivity contribution in [3.63, 3.8) is 0 Å². The largest absolute Gasteiger partial charge is 0.395 e. The Morgan fingerprint density at radius 2 is 1.97 bits per heavy atom. The zero-order valence-electron chi connectivity index (χ0n) is 15.5.